The zero-order valence-corrected chi connectivity index (χ0v) is 9.51. The van der Waals surface area contributed by atoms with E-state index in [4.69, 9.17) is 0 Å². The number of carbonyl (C=O) groups excluding carboxylic acids is 2. The van der Waals surface area contributed by atoms with Crippen LogP contribution in [0.3, 0.4) is 0 Å². The second-order valence-electron chi connectivity index (χ2n) is 4.49. The number of rotatable bonds is 4. The van der Waals surface area contributed by atoms with Crippen LogP contribution in [0.15, 0.2) is 0 Å². The van der Waals surface area contributed by atoms with E-state index in [2.05, 4.69) is 10.6 Å². The first-order valence-electron chi connectivity index (χ1n) is 5.50. The third kappa shape index (κ3) is 3.30. The molecular formula is C11H20N2O2. The van der Waals surface area contributed by atoms with Crippen molar-refractivity contribution in [3.05, 3.63) is 0 Å². The van der Waals surface area contributed by atoms with Crippen molar-refractivity contribution in [1.29, 1.82) is 0 Å². The average molecular weight is 212 g/mol. The van der Waals surface area contributed by atoms with Crippen molar-refractivity contribution in [2.75, 3.05) is 13.6 Å². The lowest BCUT2D eigenvalue weighted by atomic mass is 9.73. The lowest BCUT2D eigenvalue weighted by molar-refractivity contribution is -0.120. The monoisotopic (exact) mass is 212 g/mol. The summed E-state index contributed by atoms with van der Waals surface area (Å²) in [4.78, 5) is 21.9. The SMILES string of the molecule is CNCC1(C=O)CCC(NC(C)=O)CC1. The van der Waals surface area contributed by atoms with Gasteiger partial charge in [-0.05, 0) is 32.7 Å². The van der Waals surface area contributed by atoms with Gasteiger partial charge in [0.25, 0.3) is 0 Å². The van der Waals surface area contributed by atoms with E-state index in [1.165, 1.54) is 6.92 Å². The van der Waals surface area contributed by atoms with Crippen molar-refractivity contribution in [2.45, 2.75) is 38.6 Å². The van der Waals surface area contributed by atoms with E-state index in [-0.39, 0.29) is 17.4 Å². The first kappa shape index (κ1) is 12.2. The average Bonchev–Trinajstić information content (AvgIpc) is 2.21. The third-order valence-electron chi connectivity index (χ3n) is 3.17. The summed E-state index contributed by atoms with van der Waals surface area (Å²) in [6.45, 7) is 2.28. The highest BCUT2D eigenvalue weighted by atomic mass is 16.1. The Labute approximate surface area is 90.8 Å². The van der Waals surface area contributed by atoms with Gasteiger partial charge in [0.2, 0.25) is 5.91 Å². The van der Waals surface area contributed by atoms with Gasteiger partial charge in [0, 0.05) is 24.9 Å². The molecule has 0 unspecified atom stereocenters. The van der Waals surface area contributed by atoms with Crippen LogP contribution < -0.4 is 10.6 Å². The topological polar surface area (TPSA) is 58.2 Å². The molecule has 0 saturated heterocycles. The Morgan fingerprint density at radius 2 is 2.07 bits per heavy atom. The van der Waals surface area contributed by atoms with Gasteiger partial charge in [0.1, 0.15) is 6.29 Å². The highest BCUT2D eigenvalue weighted by molar-refractivity contribution is 5.73. The zero-order valence-electron chi connectivity index (χ0n) is 9.51. The van der Waals surface area contributed by atoms with E-state index in [0.717, 1.165) is 38.5 Å². The van der Waals surface area contributed by atoms with E-state index in [1.807, 2.05) is 7.05 Å². The number of carbonyl (C=O) groups is 2. The molecule has 1 aliphatic rings. The first-order chi connectivity index (χ1) is 7.12. The maximum atomic E-state index is 11.1. The van der Waals surface area contributed by atoms with Crippen molar-refractivity contribution in [1.82, 2.24) is 10.6 Å². The molecule has 4 heteroatoms. The Morgan fingerprint density at radius 1 is 1.47 bits per heavy atom. The van der Waals surface area contributed by atoms with Crippen molar-refractivity contribution in [3.8, 4) is 0 Å². The molecule has 1 aliphatic carbocycles. The molecule has 1 fully saturated rings. The van der Waals surface area contributed by atoms with Gasteiger partial charge in [-0.15, -0.1) is 0 Å². The molecule has 2 N–H and O–H groups in total. The van der Waals surface area contributed by atoms with Gasteiger partial charge in [0.05, 0.1) is 0 Å². The predicted octanol–water partition coefficient (Wildman–Crippen LogP) is 0.470. The maximum absolute atomic E-state index is 11.1. The van der Waals surface area contributed by atoms with Crippen molar-refractivity contribution >= 4 is 12.2 Å². The molecule has 0 radical (unpaired) electrons. The highest BCUT2D eigenvalue weighted by Gasteiger charge is 2.34. The second kappa shape index (κ2) is 5.26. The molecule has 0 spiro atoms. The Bertz CT molecular complexity index is 233. The van der Waals surface area contributed by atoms with Crippen LogP contribution >= 0.6 is 0 Å². The van der Waals surface area contributed by atoms with Crippen LogP contribution in [0.2, 0.25) is 0 Å². The van der Waals surface area contributed by atoms with Crippen LogP contribution in [0.25, 0.3) is 0 Å². The summed E-state index contributed by atoms with van der Waals surface area (Å²) in [5, 5.41) is 5.98. The van der Waals surface area contributed by atoms with E-state index < -0.39 is 0 Å². The summed E-state index contributed by atoms with van der Waals surface area (Å²) >= 11 is 0. The number of aldehydes is 1. The standard InChI is InChI=1S/C11H20N2O2/c1-9(15)13-10-3-5-11(8-14,6-4-10)7-12-2/h8,10,12H,3-7H2,1-2H3,(H,13,15). The van der Waals surface area contributed by atoms with E-state index in [9.17, 15) is 9.59 Å². The predicted molar refractivity (Wildman–Crippen MR) is 58.5 cm³/mol. The smallest absolute Gasteiger partial charge is 0.217 e. The Kier molecular flexibility index (Phi) is 4.27. The molecule has 15 heavy (non-hydrogen) atoms. The van der Waals surface area contributed by atoms with Gasteiger partial charge >= 0.3 is 0 Å². The summed E-state index contributed by atoms with van der Waals surface area (Å²) in [6.07, 6.45) is 4.61. The number of amides is 1. The van der Waals surface area contributed by atoms with E-state index in [1.54, 1.807) is 0 Å². The summed E-state index contributed by atoms with van der Waals surface area (Å²) < 4.78 is 0. The van der Waals surface area contributed by atoms with Crippen LogP contribution in [0.4, 0.5) is 0 Å². The molecule has 0 bridgehead atoms. The molecule has 0 aromatic rings. The quantitative estimate of drug-likeness (QED) is 0.666. The fourth-order valence-corrected chi connectivity index (χ4v) is 2.31. The molecule has 0 aromatic carbocycles. The van der Waals surface area contributed by atoms with Gasteiger partial charge in [-0.1, -0.05) is 0 Å². The summed E-state index contributed by atoms with van der Waals surface area (Å²) in [6, 6.07) is 0.257. The lowest BCUT2D eigenvalue weighted by Gasteiger charge is -2.36. The third-order valence-corrected chi connectivity index (χ3v) is 3.17. The molecule has 1 saturated carbocycles. The van der Waals surface area contributed by atoms with Crippen LogP contribution in [0, 0.1) is 5.41 Å². The molecular weight excluding hydrogens is 192 g/mol. The van der Waals surface area contributed by atoms with Crippen molar-refractivity contribution in [3.63, 3.8) is 0 Å². The normalized spacial score (nSPS) is 30.9. The number of hydrogen-bond donors (Lipinski definition) is 2. The minimum atomic E-state index is -0.205. The maximum Gasteiger partial charge on any atom is 0.217 e. The molecule has 0 aromatic heterocycles. The largest absolute Gasteiger partial charge is 0.354 e. The van der Waals surface area contributed by atoms with Crippen LogP contribution in [-0.4, -0.2) is 31.8 Å². The minimum absolute atomic E-state index is 0.0206. The Hall–Kier alpha value is -0.900. The Morgan fingerprint density at radius 3 is 2.47 bits per heavy atom. The van der Waals surface area contributed by atoms with Gasteiger partial charge < -0.3 is 15.4 Å². The van der Waals surface area contributed by atoms with Gasteiger partial charge in [0.15, 0.2) is 0 Å². The molecule has 0 aliphatic heterocycles. The van der Waals surface area contributed by atoms with E-state index in [0.29, 0.717) is 0 Å². The molecule has 0 atom stereocenters. The van der Waals surface area contributed by atoms with Crippen LogP contribution in [0.1, 0.15) is 32.6 Å². The van der Waals surface area contributed by atoms with Gasteiger partial charge in [-0.3, -0.25) is 4.79 Å². The molecule has 0 heterocycles. The molecule has 4 nitrogen and oxygen atoms in total. The molecule has 86 valence electrons. The lowest BCUT2D eigenvalue weighted by Crippen LogP contribution is -2.43. The number of nitrogens with one attached hydrogen (secondary N) is 2. The van der Waals surface area contributed by atoms with E-state index >= 15 is 0 Å². The summed E-state index contributed by atoms with van der Waals surface area (Å²) in [7, 11) is 1.87. The molecule has 1 amide bonds. The zero-order chi connectivity index (χ0) is 11.3. The second-order valence-corrected chi connectivity index (χ2v) is 4.49. The molecule has 1 rings (SSSR count). The summed E-state index contributed by atoms with van der Waals surface area (Å²) in [5.74, 6) is 0.0206. The summed E-state index contributed by atoms with van der Waals surface area (Å²) in [5.41, 5.74) is -0.205. The van der Waals surface area contributed by atoms with Crippen LogP contribution in [-0.2, 0) is 9.59 Å². The fourth-order valence-electron chi connectivity index (χ4n) is 2.31. The van der Waals surface area contributed by atoms with Gasteiger partial charge in [-0.25, -0.2) is 0 Å². The van der Waals surface area contributed by atoms with Crippen molar-refractivity contribution in [2.24, 2.45) is 5.41 Å². The Balaban J connectivity index is 2.45. The fraction of sp³-hybridized carbons (Fsp3) is 0.818. The number of hydrogen-bond acceptors (Lipinski definition) is 3. The van der Waals surface area contributed by atoms with Gasteiger partial charge in [-0.2, -0.15) is 0 Å². The highest BCUT2D eigenvalue weighted by Crippen LogP contribution is 2.33. The van der Waals surface area contributed by atoms with Crippen molar-refractivity contribution < 1.29 is 9.59 Å². The minimum Gasteiger partial charge on any atom is -0.354 e. The van der Waals surface area contributed by atoms with Crippen LogP contribution in [0.5, 0.6) is 0 Å². The first-order valence-corrected chi connectivity index (χ1v) is 5.50.